The van der Waals surface area contributed by atoms with Crippen molar-refractivity contribution in [3.8, 4) is 0 Å². The van der Waals surface area contributed by atoms with Crippen LogP contribution in [0.2, 0.25) is 0 Å². The van der Waals surface area contributed by atoms with Crippen molar-refractivity contribution in [2.45, 2.75) is 302 Å². The van der Waals surface area contributed by atoms with Crippen LogP contribution in [0.3, 0.4) is 0 Å². The molecule has 1 amide bonds. The van der Waals surface area contributed by atoms with E-state index in [9.17, 15) is 19.8 Å². The number of aliphatic hydroxyl groups excluding tert-OH is 2. The van der Waals surface area contributed by atoms with Gasteiger partial charge in [-0.3, -0.25) is 9.59 Å². The van der Waals surface area contributed by atoms with Gasteiger partial charge in [-0.05, 0) is 25.7 Å². The van der Waals surface area contributed by atoms with Crippen LogP contribution in [0.4, 0.5) is 0 Å². The van der Waals surface area contributed by atoms with Crippen molar-refractivity contribution in [2.75, 3.05) is 6.61 Å². The molecule has 6 heteroatoms. The lowest BCUT2D eigenvalue weighted by molar-refractivity contribution is -0.151. The van der Waals surface area contributed by atoms with Crippen LogP contribution in [-0.2, 0) is 14.3 Å². The second kappa shape index (κ2) is 45.0. The smallest absolute Gasteiger partial charge is 0.306 e. The first-order valence-corrected chi connectivity index (χ1v) is 25.3. The van der Waals surface area contributed by atoms with Crippen LogP contribution >= 0.6 is 0 Å². The van der Waals surface area contributed by atoms with E-state index in [1.807, 2.05) is 0 Å². The lowest BCUT2D eigenvalue weighted by Gasteiger charge is -2.24. The summed E-state index contributed by atoms with van der Waals surface area (Å²) < 4.78 is 5.91. The monoisotopic (exact) mass is 794 g/mol. The summed E-state index contributed by atoms with van der Waals surface area (Å²) in [6, 6.07) is -0.691. The number of amides is 1. The molecule has 6 nitrogen and oxygen atoms in total. The number of unbranched alkanes of at least 4 members (excludes halogenated alkanes) is 34. The molecule has 0 rings (SSSR count). The average Bonchev–Trinajstić information content (AvgIpc) is 3.19. The van der Waals surface area contributed by atoms with E-state index in [1.54, 1.807) is 0 Å². The van der Waals surface area contributed by atoms with E-state index in [0.29, 0.717) is 19.3 Å². The lowest BCUT2D eigenvalue weighted by atomic mass is 10.0. The molecule has 0 fully saturated rings. The highest BCUT2D eigenvalue weighted by molar-refractivity contribution is 5.77. The molecule has 0 aromatic carbocycles. The Morgan fingerprint density at radius 3 is 1.09 bits per heavy atom. The van der Waals surface area contributed by atoms with Crippen molar-refractivity contribution in [3.05, 3.63) is 0 Å². The largest absolute Gasteiger partial charge is 0.462 e. The Balaban J connectivity index is 4.41. The Morgan fingerprint density at radius 1 is 0.446 bits per heavy atom. The summed E-state index contributed by atoms with van der Waals surface area (Å²) >= 11 is 0. The van der Waals surface area contributed by atoms with E-state index in [-0.39, 0.29) is 24.9 Å². The summed E-state index contributed by atoms with van der Waals surface area (Å²) in [6.07, 6.45) is 47.3. The van der Waals surface area contributed by atoms with Gasteiger partial charge >= 0.3 is 5.97 Å². The summed E-state index contributed by atoms with van der Waals surface area (Å²) in [5, 5.41) is 23.7. The van der Waals surface area contributed by atoms with Crippen molar-refractivity contribution in [3.63, 3.8) is 0 Å². The van der Waals surface area contributed by atoms with Crippen LogP contribution in [0, 0.1) is 0 Å². The van der Waals surface area contributed by atoms with E-state index < -0.39 is 18.2 Å². The maximum absolute atomic E-state index is 13.1. The number of carbonyl (C=O) groups is 2. The molecular formula is C50H99NO5. The first-order chi connectivity index (χ1) is 27.5. The van der Waals surface area contributed by atoms with Gasteiger partial charge in [0.1, 0.15) is 6.10 Å². The summed E-state index contributed by atoms with van der Waals surface area (Å²) in [4.78, 5) is 26.0. The second-order valence-electron chi connectivity index (χ2n) is 17.6. The molecule has 3 N–H and O–H groups in total. The van der Waals surface area contributed by atoms with Crippen molar-refractivity contribution >= 4 is 11.9 Å². The van der Waals surface area contributed by atoms with Gasteiger partial charge in [-0.2, -0.15) is 0 Å². The van der Waals surface area contributed by atoms with Crippen molar-refractivity contribution in [2.24, 2.45) is 0 Å². The molecule has 3 unspecified atom stereocenters. The average molecular weight is 794 g/mol. The van der Waals surface area contributed by atoms with E-state index in [1.165, 1.54) is 199 Å². The summed E-state index contributed by atoms with van der Waals surface area (Å²) in [7, 11) is 0. The minimum atomic E-state index is -0.778. The fourth-order valence-electron chi connectivity index (χ4n) is 8.08. The van der Waals surface area contributed by atoms with E-state index >= 15 is 0 Å². The molecule has 56 heavy (non-hydrogen) atoms. The number of ether oxygens (including phenoxy) is 1. The summed E-state index contributed by atoms with van der Waals surface area (Å²) in [6.45, 7) is 6.49. The highest BCUT2D eigenvalue weighted by Crippen LogP contribution is 2.18. The number of esters is 1. The van der Waals surface area contributed by atoms with Crippen LogP contribution in [0.1, 0.15) is 284 Å². The van der Waals surface area contributed by atoms with E-state index in [0.717, 1.165) is 38.5 Å². The topological polar surface area (TPSA) is 95.9 Å². The Bertz CT molecular complexity index is 806. The fourth-order valence-corrected chi connectivity index (χ4v) is 8.08. The van der Waals surface area contributed by atoms with Gasteiger partial charge in [-0.15, -0.1) is 0 Å². The zero-order chi connectivity index (χ0) is 41.0. The zero-order valence-corrected chi connectivity index (χ0v) is 38.0. The number of hydrogen-bond donors (Lipinski definition) is 3. The molecule has 3 atom stereocenters. The Morgan fingerprint density at radius 2 is 0.750 bits per heavy atom. The molecule has 0 aliphatic heterocycles. The Hall–Kier alpha value is -1.14. The molecule has 0 aromatic heterocycles. The van der Waals surface area contributed by atoms with Gasteiger partial charge in [-0.1, -0.05) is 245 Å². The SMILES string of the molecule is CCCCCCCCCCCCCCCCCC(O)C(CO)NC(=O)CC(CCCCCCCCCCC)OC(=O)CCCCCCCCCCCCCCC. The number of hydrogen-bond acceptors (Lipinski definition) is 5. The van der Waals surface area contributed by atoms with Crippen molar-refractivity contribution in [1.29, 1.82) is 0 Å². The molecule has 0 radical (unpaired) electrons. The Kier molecular flexibility index (Phi) is 44.0. The van der Waals surface area contributed by atoms with Gasteiger partial charge < -0.3 is 20.3 Å². The molecule has 0 aromatic rings. The maximum Gasteiger partial charge on any atom is 0.306 e. The number of carbonyl (C=O) groups excluding carboxylic acids is 2. The number of nitrogens with one attached hydrogen (secondary N) is 1. The standard InChI is InChI=1S/C50H99NO5/c1-4-7-10-13-16-19-21-23-24-26-27-30-33-36-39-42-48(53)47(45-52)51-49(54)44-46(41-38-35-32-29-18-15-12-9-6-3)56-50(55)43-40-37-34-31-28-25-22-20-17-14-11-8-5-2/h46-48,52-53H,4-45H2,1-3H3,(H,51,54). The zero-order valence-electron chi connectivity index (χ0n) is 38.0. The molecular weight excluding hydrogens is 695 g/mol. The third kappa shape index (κ3) is 39.7. The predicted molar refractivity (Wildman–Crippen MR) is 241 cm³/mol. The molecule has 0 heterocycles. The summed E-state index contributed by atoms with van der Waals surface area (Å²) in [5.74, 6) is -0.456. The minimum absolute atomic E-state index is 0.0868. The first kappa shape index (κ1) is 54.9. The quantitative estimate of drug-likeness (QED) is 0.0421. The van der Waals surface area contributed by atoms with Gasteiger partial charge in [0.15, 0.2) is 0 Å². The van der Waals surface area contributed by atoms with Crippen LogP contribution in [0.15, 0.2) is 0 Å². The highest BCUT2D eigenvalue weighted by Gasteiger charge is 2.24. The fraction of sp³-hybridized carbons (Fsp3) is 0.960. The molecule has 334 valence electrons. The van der Waals surface area contributed by atoms with Crippen molar-refractivity contribution < 1.29 is 24.5 Å². The number of aliphatic hydroxyl groups is 2. The molecule has 0 aliphatic rings. The number of rotatable bonds is 46. The molecule has 0 bridgehead atoms. The van der Waals surface area contributed by atoms with Gasteiger partial charge in [0.05, 0.1) is 25.2 Å². The third-order valence-corrected chi connectivity index (χ3v) is 11.9. The van der Waals surface area contributed by atoms with Crippen LogP contribution in [-0.4, -0.2) is 46.9 Å². The van der Waals surface area contributed by atoms with Gasteiger partial charge in [0, 0.05) is 6.42 Å². The van der Waals surface area contributed by atoms with Crippen LogP contribution < -0.4 is 5.32 Å². The predicted octanol–water partition coefficient (Wildman–Crippen LogP) is 14.8. The molecule has 0 saturated carbocycles. The lowest BCUT2D eigenvalue weighted by Crippen LogP contribution is -2.46. The molecule has 0 saturated heterocycles. The van der Waals surface area contributed by atoms with Gasteiger partial charge in [0.2, 0.25) is 5.91 Å². The van der Waals surface area contributed by atoms with Gasteiger partial charge in [-0.25, -0.2) is 0 Å². The second-order valence-corrected chi connectivity index (χ2v) is 17.6. The summed E-state index contributed by atoms with van der Waals surface area (Å²) in [5.41, 5.74) is 0. The minimum Gasteiger partial charge on any atom is -0.462 e. The molecule has 0 aliphatic carbocycles. The highest BCUT2D eigenvalue weighted by atomic mass is 16.5. The van der Waals surface area contributed by atoms with Crippen molar-refractivity contribution in [1.82, 2.24) is 5.32 Å². The van der Waals surface area contributed by atoms with E-state index in [2.05, 4.69) is 26.1 Å². The normalized spacial score (nSPS) is 13.2. The van der Waals surface area contributed by atoms with Crippen LogP contribution in [0.5, 0.6) is 0 Å². The van der Waals surface area contributed by atoms with Gasteiger partial charge in [0.25, 0.3) is 0 Å². The van der Waals surface area contributed by atoms with E-state index in [4.69, 9.17) is 4.74 Å². The molecule has 0 spiro atoms. The first-order valence-electron chi connectivity index (χ1n) is 25.3. The Labute approximate surface area is 349 Å². The third-order valence-electron chi connectivity index (χ3n) is 11.9. The maximum atomic E-state index is 13.1. The van der Waals surface area contributed by atoms with Crippen LogP contribution in [0.25, 0.3) is 0 Å².